The fourth-order valence-corrected chi connectivity index (χ4v) is 3.78. The van der Waals surface area contributed by atoms with Crippen molar-refractivity contribution >= 4 is 63.9 Å². The van der Waals surface area contributed by atoms with Gasteiger partial charge < -0.3 is 14.6 Å². The maximum absolute atomic E-state index is 12.4. The Balaban J connectivity index is 1.55. The number of amides is 2. The van der Waals surface area contributed by atoms with Crippen LogP contribution in [0.5, 0.6) is 0 Å². The van der Waals surface area contributed by atoms with Crippen LogP contribution in [0.1, 0.15) is 16.3 Å². The van der Waals surface area contributed by atoms with E-state index in [0.717, 1.165) is 0 Å². The summed E-state index contributed by atoms with van der Waals surface area (Å²) in [5.74, 6) is 0.566. The van der Waals surface area contributed by atoms with Gasteiger partial charge in [0.2, 0.25) is 5.91 Å². The number of hydrogen-bond donors (Lipinski definition) is 1. The summed E-state index contributed by atoms with van der Waals surface area (Å²) in [6.07, 6.45) is 0. The largest absolute Gasteiger partial charge is 0.456 e. The lowest BCUT2D eigenvalue weighted by molar-refractivity contribution is -0.117. The number of nitrogens with one attached hydrogen (secondary N) is 1. The number of carbonyl (C=O) groups excluding carboxylic acids is 2. The normalized spacial score (nSPS) is 15.0. The fourth-order valence-electron chi connectivity index (χ4n) is 2.88. The number of carbonyl (C=O) groups is 2. The summed E-state index contributed by atoms with van der Waals surface area (Å²) in [5, 5.41) is 3.33. The lowest BCUT2D eigenvalue weighted by Crippen LogP contribution is -2.50. The van der Waals surface area contributed by atoms with Gasteiger partial charge in [0.15, 0.2) is 5.76 Å². The molecule has 1 aliphatic heterocycles. The average molecular weight is 465 g/mol. The van der Waals surface area contributed by atoms with Gasteiger partial charge in [-0.3, -0.25) is 14.5 Å². The number of aryl methyl sites for hydroxylation is 1. The summed E-state index contributed by atoms with van der Waals surface area (Å²) in [5.41, 5.74) is 0.188. The molecular weight excluding hydrogens is 448 g/mol. The number of nitrogens with zero attached hydrogens (tertiary/aromatic N) is 2. The van der Waals surface area contributed by atoms with Crippen molar-refractivity contribution in [2.75, 3.05) is 38.0 Å². The quantitative estimate of drug-likeness (QED) is 0.671. The first kappa shape index (κ1) is 21.3. The van der Waals surface area contributed by atoms with E-state index in [4.69, 9.17) is 50.8 Å². The highest BCUT2D eigenvalue weighted by atomic mass is 35.5. The molecule has 1 aromatic carbocycles. The first-order valence-electron chi connectivity index (χ1n) is 8.47. The minimum absolute atomic E-state index is 0.124. The highest BCUT2D eigenvalue weighted by Crippen LogP contribution is 2.40. The van der Waals surface area contributed by atoms with E-state index in [1.54, 1.807) is 24.0 Å². The third kappa shape index (κ3) is 4.75. The number of halogens is 4. The van der Waals surface area contributed by atoms with Crippen LogP contribution in [0.3, 0.4) is 0 Å². The van der Waals surface area contributed by atoms with E-state index in [1.165, 1.54) is 6.07 Å². The van der Waals surface area contributed by atoms with Crippen LogP contribution in [-0.4, -0.2) is 54.3 Å². The third-order valence-electron chi connectivity index (χ3n) is 4.35. The highest BCUT2D eigenvalue weighted by molar-refractivity contribution is 6.50. The number of anilines is 1. The summed E-state index contributed by atoms with van der Waals surface area (Å²) in [6, 6.07) is 4.84. The molecule has 28 heavy (non-hydrogen) atoms. The molecule has 0 aliphatic carbocycles. The molecule has 1 N–H and O–H groups in total. The number of piperazine rings is 1. The van der Waals surface area contributed by atoms with Gasteiger partial charge in [-0.1, -0.05) is 46.4 Å². The lowest BCUT2D eigenvalue weighted by atomic mass is 10.2. The van der Waals surface area contributed by atoms with E-state index in [1.807, 2.05) is 4.90 Å². The van der Waals surface area contributed by atoms with Crippen molar-refractivity contribution in [1.82, 2.24) is 9.80 Å². The van der Waals surface area contributed by atoms with Crippen LogP contribution in [0.4, 0.5) is 5.69 Å². The Kier molecular flexibility index (Phi) is 6.78. The second kappa shape index (κ2) is 8.93. The van der Waals surface area contributed by atoms with Crippen LogP contribution in [0.2, 0.25) is 20.1 Å². The minimum Gasteiger partial charge on any atom is -0.456 e. The van der Waals surface area contributed by atoms with Crippen LogP contribution in [0.25, 0.3) is 0 Å². The molecule has 6 nitrogen and oxygen atoms in total. The van der Waals surface area contributed by atoms with E-state index in [0.29, 0.717) is 37.7 Å². The third-order valence-corrected chi connectivity index (χ3v) is 5.93. The van der Waals surface area contributed by atoms with Crippen LogP contribution >= 0.6 is 46.4 Å². The Hall–Kier alpha value is -1.44. The van der Waals surface area contributed by atoms with Crippen molar-refractivity contribution in [2.45, 2.75) is 6.92 Å². The van der Waals surface area contributed by atoms with Crippen LogP contribution in [-0.2, 0) is 4.79 Å². The molecule has 0 atom stereocenters. The van der Waals surface area contributed by atoms with Crippen LogP contribution < -0.4 is 5.32 Å². The van der Waals surface area contributed by atoms with E-state index in [-0.39, 0.29) is 44.1 Å². The summed E-state index contributed by atoms with van der Waals surface area (Å²) in [7, 11) is 0. The number of furan rings is 1. The summed E-state index contributed by atoms with van der Waals surface area (Å²) in [4.78, 5) is 28.4. The summed E-state index contributed by atoms with van der Waals surface area (Å²) < 4.78 is 5.38. The maximum atomic E-state index is 12.4. The topological polar surface area (TPSA) is 65.8 Å². The SMILES string of the molecule is Cc1ccc(C(=O)N2CCN(CC(=O)Nc3c(Cl)c(Cl)cc(Cl)c3Cl)CC2)o1. The molecule has 1 fully saturated rings. The molecule has 1 aromatic heterocycles. The monoisotopic (exact) mass is 463 g/mol. The van der Waals surface area contributed by atoms with Gasteiger partial charge in [0.25, 0.3) is 5.91 Å². The molecule has 0 saturated carbocycles. The van der Waals surface area contributed by atoms with Gasteiger partial charge in [0.05, 0.1) is 32.3 Å². The second-order valence-corrected chi connectivity index (χ2v) is 7.94. The molecule has 3 rings (SSSR count). The van der Waals surface area contributed by atoms with Crippen LogP contribution in [0.15, 0.2) is 22.6 Å². The van der Waals surface area contributed by atoms with E-state index < -0.39 is 0 Å². The smallest absolute Gasteiger partial charge is 0.289 e. The van der Waals surface area contributed by atoms with Crippen molar-refractivity contribution in [3.63, 3.8) is 0 Å². The van der Waals surface area contributed by atoms with Gasteiger partial charge in [0.1, 0.15) is 5.76 Å². The van der Waals surface area contributed by atoms with Gasteiger partial charge in [-0.05, 0) is 25.1 Å². The molecule has 0 bridgehead atoms. The number of rotatable bonds is 4. The predicted molar refractivity (Wildman–Crippen MR) is 111 cm³/mol. The zero-order valence-electron chi connectivity index (χ0n) is 14.9. The Morgan fingerprint density at radius 1 is 1.04 bits per heavy atom. The zero-order valence-corrected chi connectivity index (χ0v) is 17.9. The number of benzene rings is 1. The van der Waals surface area contributed by atoms with E-state index in [2.05, 4.69) is 5.32 Å². The van der Waals surface area contributed by atoms with Crippen molar-refractivity contribution in [1.29, 1.82) is 0 Å². The molecule has 10 heteroatoms. The molecule has 0 radical (unpaired) electrons. The Labute approximate surface area is 182 Å². The van der Waals surface area contributed by atoms with Crippen molar-refractivity contribution in [3.8, 4) is 0 Å². The van der Waals surface area contributed by atoms with Gasteiger partial charge in [0, 0.05) is 26.2 Å². The first-order chi connectivity index (χ1) is 13.3. The fraction of sp³-hybridized carbons (Fsp3) is 0.333. The lowest BCUT2D eigenvalue weighted by Gasteiger charge is -2.33. The average Bonchev–Trinajstić information content (AvgIpc) is 3.10. The molecule has 150 valence electrons. The standard InChI is InChI=1S/C18H17Cl4N3O3/c1-10-2-3-13(28-10)18(27)25-6-4-24(5-7-25)9-14(26)23-17-15(21)11(19)8-12(20)16(17)22/h2-3,8H,4-7,9H2,1H3,(H,23,26). The van der Waals surface area contributed by atoms with E-state index >= 15 is 0 Å². The number of hydrogen-bond acceptors (Lipinski definition) is 4. The predicted octanol–water partition coefficient (Wildman–Crippen LogP) is 4.60. The molecule has 1 aliphatic rings. The highest BCUT2D eigenvalue weighted by Gasteiger charge is 2.25. The van der Waals surface area contributed by atoms with Crippen molar-refractivity contribution in [3.05, 3.63) is 49.8 Å². The molecule has 2 aromatic rings. The second-order valence-electron chi connectivity index (χ2n) is 6.37. The summed E-state index contributed by atoms with van der Waals surface area (Å²) >= 11 is 24.2. The maximum Gasteiger partial charge on any atom is 0.289 e. The van der Waals surface area contributed by atoms with Crippen LogP contribution in [0, 0.1) is 6.92 Å². The summed E-state index contributed by atoms with van der Waals surface area (Å²) in [6.45, 7) is 4.01. The van der Waals surface area contributed by atoms with Gasteiger partial charge in [-0.2, -0.15) is 0 Å². The van der Waals surface area contributed by atoms with Gasteiger partial charge >= 0.3 is 0 Å². The first-order valence-corrected chi connectivity index (χ1v) is 9.98. The molecule has 0 unspecified atom stereocenters. The molecular formula is C18H17Cl4N3O3. The van der Waals surface area contributed by atoms with Crippen molar-refractivity contribution in [2.24, 2.45) is 0 Å². The van der Waals surface area contributed by atoms with E-state index in [9.17, 15) is 9.59 Å². The molecule has 2 amide bonds. The molecule has 1 saturated heterocycles. The molecule has 0 spiro atoms. The molecule has 2 heterocycles. The minimum atomic E-state index is -0.302. The Morgan fingerprint density at radius 2 is 1.64 bits per heavy atom. The Bertz CT molecular complexity index is 881. The zero-order chi connectivity index (χ0) is 20.4. The van der Waals surface area contributed by atoms with Gasteiger partial charge in [-0.25, -0.2) is 0 Å². The van der Waals surface area contributed by atoms with Crippen molar-refractivity contribution < 1.29 is 14.0 Å². The van der Waals surface area contributed by atoms with Gasteiger partial charge in [-0.15, -0.1) is 0 Å². The Morgan fingerprint density at radius 3 is 2.18 bits per heavy atom.